The number of hydrogen-bond acceptors (Lipinski definition) is 0. The minimum absolute atomic E-state index is 0.481. The van der Waals surface area contributed by atoms with E-state index in [1.54, 1.807) is 0 Å². The first-order valence-electron chi connectivity index (χ1n) is 6.07. The van der Waals surface area contributed by atoms with Crippen LogP contribution >= 0.6 is 0 Å². The normalized spacial score (nSPS) is 29.3. The lowest BCUT2D eigenvalue weighted by Gasteiger charge is -2.30. The van der Waals surface area contributed by atoms with Gasteiger partial charge in [-0.3, -0.25) is 0 Å². The van der Waals surface area contributed by atoms with Gasteiger partial charge in [0.05, 0.1) is 0 Å². The lowest BCUT2D eigenvalue weighted by molar-refractivity contribution is 0.307. The Balaban J connectivity index is 2.33. The Morgan fingerprint density at radius 1 is 1.13 bits per heavy atom. The van der Waals surface area contributed by atoms with Gasteiger partial charge in [0.15, 0.2) is 0 Å². The van der Waals surface area contributed by atoms with Gasteiger partial charge in [0.25, 0.3) is 0 Å². The first-order valence-corrected chi connectivity index (χ1v) is 6.07. The molecule has 1 aromatic carbocycles. The molecule has 0 radical (unpaired) electrons. The van der Waals surface area contributed by atoms with E-state index in [0.717, 1.165) is 11.8 Å². The minimum Gasteiger partial charge on any atom is -0.0619 e. The van der Waals surface area contributed by atoms with Crippen LogP contribution in [0.25, 0.3) is 0 Å². The Labute approximate surface area is 93.7 Å². The number of hydrogen-bond donors (Lipinski definition) is 0. The summed E-state index contributed by atoms with van der Waals surface area (Å²) in [5.74, 6) is 1.58. The summed E-state index contributed by atoms with van der Waals surface area (Å²) in [6.07, 6.45) is 2.75. The average molecular weight is 202 g/mol. The molecule has 0 N–H and O–H groups in total. The molecule has 1 fully saturated rings. The molecule has 2 atom stereocenters. The van der Waals surface area contributed by atoms with Gasteiger partial charge in [0.2, 0.25) is 0 Å². The molecule has 0 bridgehead atoms. The van der Waals surface area contributed by atoms with Crippen molar-refractivity contribution in [2.75, 3.05) is 0 Å². The lowest BCUT2D eigenvalue weighted by Crippen LogP contribution is -2.18. The summed E-state index contributed by atoms with van der Waals surface area (Å²) in [6.45, 7) is 9.40. The molecule has 0 aliphatic heterocycles. The highest BCUT2D eigenvalue weighted by atomic mass is 14.4. The van der Waals surface area contributed by atoms with E-state index in [2.05, 4.69) is 52.0 Å². The van der Waals surface area contributed by atoms with Crippen molar-refractivity contribution in [1.29, 1.82) is 0 Å². The van der Waals surface area contributed by atoms with Crippen LogP contribution in [-0.4, -0.2) is 0 Å². The molecule has 0 heterocycles. The zero-order chi connectivity index (χ0) is 11.1. The van der Waals surface area contributed by atoms with Crippen LogP contribution in [-0.2, 0) is 0 Å². The predicted molar refractivity (Wildman–Crippen MR) is 66.1 cm³/mol. The van der Waals surface area contributed by atoms with Crippen LogP contribution in [0, 0.1) is 18.3 Å². The molecule has 0 nitrogen and oxygen atoms in total. The van der Waals surface area contributed by atoms with E-state index >= 15 is 0 Å². The second-order valence-electron chi connectivity index (χ2n) is 5.89. The third kappa shape index (κ3) is 1.95. The topological polar surface area (TPSA) is 0 Å². The molecule has 0 amide bonds. The van der Waals surface area contributed by atoms with Crippen LogP contribution in [0.1, 0.15) is 50.7 Å². The van der Waals surface area contributed by atoms with E-state index in [-0.39, 0.29) is 0 Å². The van der Waals surface area contributed by atoms with E-state index in [9.17, 15) is 0 Å². The maximum absolute atomic E-state index is 2.42. The van der Waals surface area contributed by atoms with Gasteiger partial charge < -0.3 is 0 Å². The van der Waals surface area contributed by atoms with Gasteiger partial charge in [-0.05, 0) is 42.6 Å². The van der Waals surface area contributed by atoms with Crippen LogP contribution in [0.3, 0.4) is 0 Å². The van der Waals surface area contributed by atoms with Gasteiger partial charge >= 0.3 is 0 Å². The highest BCUT2D eigenvalue weighted by molar-refractivity contribution is 5.27. The highest BCUT2D eigenvalue weighted by Gasteiger charge is 2.40. The molecule has 0 heteroatoms. The van der Waals surface area contributed by atoms with Crippen LogP contribution < -0.4 is 0 Å². The van der Waals surface area contributed by atoms with Crippen molar-refractivity contribution in [3.05, 3.63) is 35.4 Å². The largest absolute Gasteiger partial charge is 0.0619 e. The summed E-state index contributed by atoms with van der Waals surface area (Å²) in [5, 5.41) is 0. The van der Waals surface area contributed by atoms with E-state index in [1.165, 1.54) is 24.0 Å². The molecular formula is C15H22. The van der Waals surface area contributed by atoms with Crippen molar-refractivity contribution in [3.8, 4) is 0 Å². The average Bonchev–Trinajstić information content (AvgIpc) is 2.43. The fourth-order valence-electron chi connectivity index (χ4n) is 3.25. The summed E-state index contributed by atoms with van der Waals surface area (Å²) >= 11 is 0. The fourth-order valence-corrected chi connectivity index (χ4v) is 3.25. The van der Waals surface area contributed by atoms with E-state index in [1.807, 2.05) is 0 Å². The number of rotatable bonds is 1. The van der Waals surface area contributed by atoms with Crippen molar-refractivity contribution in [1.82, 2.24) is 0 Å². The molecule has 82 valence electrons. The Kier molecular flexibility index (Phi) is 2.62. The quantitative estimate of drug-likeness (QED) is 0.627. The maximum Gasteiger partial charge on any atom is -0.00849 e. The molecular weight excluding hydrogens is 180 g/mol. The standard InChI is InChI=1S/C15H22/c1-11-5-7-13(8-6-11)14-12(2)9-10-15(14,3)4/h5-8,12,14H,9-10H2,1-4H3/t12-,14-/m0/s1. The maximum atomic E-state index is 2.42. The minimum atomic E-state index is 0.481. The summed E-state index contributed by atoms with van der Waals surface area (Å²) in [6, 6.07) is 9.14. The Hall–Kier alpha value is -0.780. The summed E-state index contributed by atoms with van der Waals surface area (Å²) in [7, 11) is 0. The molecule has 1 aliphatic carbocycles. The predicted octanol–water partition coefficient (Wildman–Crippen LogP) is 4.53. The van der Waals surface area contributed by atoms with Crippen molar-refractivity contribution >= 4 is 0 Å². The van der Waals surface area contributed by atoms with E-state index < -0.39 is 0 Å². The van der Waals surface area contributed by atoms with Gasteiger partial charge in [0, 0.05) is 0 Å². The van der Waals surface area contributed by atoms with Gasteiger partial charge in [0.1, 0.15) is 0 Å². The van der Waals surface area contributed by atoms with Crippen LogP contribution in [0.4, 0.5) is 0 Å². The SMILES string of the molecule is Cc1ccc([C@@H]2[C@@H](C)CCC2(C)C)cc1. The second kappa shape index (κ2) is 3.66. The molecule has 2 rings (SSSR count). The van der Waals surface area contributed by atoms with Crippen LogP contribution in [0.2, 0.25) is 0 Å². The van der Waals surface area contributed by atoms with Gasteiger partial charge in [-0.15, -0.1) is 0 Å². The number of benzene rings is 1. The van der Waals surface area contributed by atoms with Crippen LogP contribution in [0.5, 0.6) is 0 Å². The lowest BCUT2D eigenvalue weighted by atomic mass is 9.75. The Morgan fingerprint density at radius 2 is 1.73 bits per heavy atom. The smallest absolute Gasteiger partial charge is 0.00849 e. The monoisotopic (exact) mass is 202 g/mol. The molecule has 1 aromatic rings. The summed E-state index contributed by atoms with van der Waals surface area (Å²) < 4.78 is 0. The first-order chi connectivity index (χ1) is 7.00. The molecule has 1 aliphatic rings. The molecule has 0 saturated heterocycles. The Morgan fingerprint density at radius 3 is 2.20 bits per heavy atom. The molecule has 0 unspecified atom stereocenters. The molecule has 15 heavy (non-hydrogen) atoms. The molecule has 1 saturated carbocycles. The fraction of sp³-hybridized carbons (Fsp3) is 0.600. The van der Waals surface area contributed by atoms with E-state index in [4.69, 9.17) is 0 Å². The number of aryl methyl sites for hydroxylation is 1. The third-order valence-electron chi connectivity index (χ3n) is 4.09. The van der Waals surface area contributed by atoms with E-state index in [0.29, 0.717) is 5.41 Å². The van der Waals surface area contributed by atoms with Crippen molar-refractivity contribution in [3.63, 3.8) is 0 Å². The third-order valence-corrected chi connectivity index (χ3v) is 4.09. The molecule has 0 spiro atoms. The van der Waals surface area contributed by atoms with Crippen molar-refractivity contribution < 1.29 is 0 Å². The second-order valence-corrected chi connectivity index (χ2v) is 5.89. The highest BCUT2D eigenvalue weighted by Crippen LogP contribution is 2.52. The van der Waals surface area contributed by atoms with Crippen LogP contribution in [0.15, 0.2) is 24.3 Å². The first kappa shape index (κ1) is 10.7. The Bertz CT molecular complexity index is 332. The van der Waals surface area contributed by atoms with Gasteiger partial charge in [-0.25, -0.2) is 0 Å². The zero-order valence-corrected chi connectivity index (χ0v) is 10.4. The molecule has 0 aromatic heterocycles. The van der Waals surface area contributed by atoms with Gasteiger partial charge in [-0.1, -0.05) is 50.6 Å². The zero-order valence-electron chi connectivity index (χ0n) is 10.4. The van der Waals surface area contributed by atoms with Gasteiger partial charge in [-0.2, -0.15) is 0 Å². The van der Waals surface area contributed by atoms with Crippen molar-refractivity contribution in [2.45, 2.75) is 46.5 Å². The van der Waals surface area contributed by atoms with Crippen molar-refractivity contribution in [2.24, 2.45) is 11.3 Å². The summed E-state index contributed by atoms with van der Waals surface area (Å²) in [5.41, 5.74) is 3.38. The summed E-state index contributed by atoms with van der Waals surface area (Å²) in [4.78, 5) is 0.